The number of unbranched alkanes of at least 4 members (excludes halogenated alkanes) is 1. The Morgan fingerprint density at radius 2 is 1.79 bits per heavy atom. The molecule has 42 heavy (non-hydrogen) atoms. The topological polar surface area (TPSA) is 209 Å². The van der Waals surface area contributed by atoms with Crippen LogP contribution in [-0.4, -0.2) is 57.9 Å². The summed E-state index contributed by atoms with van der Waals surface area (Å²) in [5.41, 5.74) is 6.88. The van der Waals surface area contributed by atoms with Gasteiger partial charge in [0.25, 0.3) is 0 Å². The van der Waals surface area contributed by atoms with E-state index in [1.54, 1.807) is 30.3 Å². The molecule has 0 saturated heterocycles. The number of nitrogens with two attached hydrogens (primary N) is 1. The Labute approximate surface area is 244 Å². The molecule has 3 aromatic rings. The van der Waals surface area contributed by atoms with Gasteiger partial charge in [-0.05, 0) is 60.7 Å². The van der Waals surface area contributed by atoms with Gasteiger partial charge < -0.3 is 30.7 Å². The average molecular weight is 619 g/mol. The Kier molecular flexibility index (Phi) is 10.5. The van der Waals surface area contributed by atoms with E-state index in [0.717, 1.165) is 18.4 Å². The highest BCUT2D eigenvalue weighted by atomic mass is 32.2. The van der Waals surface area contributed by atoms with Crippen LogP contribution in [0.25, 0.3) is 11.1 Å². The van der Waals surface area contributed by atoms with E-state index in [0.29, 0.717) is 29.5 Å². The van der Waals surface area contributed by atoms with Crippen LogP contribution in [-0.2, 0) is 31.1 Å². The Morgan fingerprint density at radius 3 is 2.43 bits per heavy atom. The summed E-state index contributed by atoms with van der Waals surface area (Å²) in [7, 11) is -7.86. The molecule has 0 amide bonds. The minimum atomic E-state index is -4.26. The van der Waals surface area contributed by atoms with E-state index in [2.05, 4.69) is 9.88 Å². The lowest BCUT2D eigenvalue weighted by atomic mass is 10.0. The van der Waals surface area contributed by atoms with Crippen LogP contribution in [0, 0.1) is 0 Å². The van der Waals surface area contributed by atoms with Crippen LogP contribution in [0.4, 0.5) is 0 Å². The Bertz CT molecular complexity index is 1690. The number of hydrogen-bond acceptors (Lipinski definition) is 10. The van der Waals surface area contributed by atoms with Gasteiger partial charge in [-0.15, -0.1) is 0 Å². The molecule has 0 aliphatic rings. The SMILES string of the molecule is CCCCC(Oc1cc(-c2ccccc2S(C)(=O)=O)ccc1CCNS(=O)(=O)c1cc(/C(N)=N\O)ccc1O)C(=O)[O-]. The van der Waals surface area contributed by atoms with E-state index in [9.17, 15) is 31.8 Å². The van der Waals surface area contributed by atoms with Crippen molar-refractivity contribution in [2.24, 2.45) is 10.9 Å². The van der Waals surface area contributed by atoms with Crippen molar-refractivity contribution >= 4 is 31.7 Å². The van der Waals surface area contributed by atoms with Gasteiger partial charge in [0.2, 0.25) is 10.0 Å². The van der Waals surface area contributed by atoms with E-state index in [4.69, 9.17) is 15.7 Å². The number of aliphatic carboxylic acids is 1. The molecule has 12 nitrogen and oxygen atoms in total. The summed E-state index contributed by atoms with van der Waals surface area (Å²) in [6.07, 6.45) is 1.27. The molecule has 0 heterocycles. The molecule has 0 saturated carbocycles. The number of amidine groups is 1. The standard InChI is InChI=1S/C28H33N3O9S2/c1-3-4-8-23(28(33)34)40-24-16-19(21-7-5-6-9-25(21)41(2,36)37)11-10-18(24)14-15-30-42(38,39)26-17-20(27(29)31-35)12-13-22(26)32/h5-7,9-13,16-17,23,30,32,35H,3-4,8,14-15H2,1-2H3,(H2,29,31)(H,33,34)/p-1. The number of ether oxygens (including phenoxy) is 1. The maximum absolute atomic E-state index is 13.0. The zero-order chi connectivity index (χ0) is 31.1. The molecule has 226 valence electrons. The predicted molar refractivity (Wildman–Crippen MR) is 153 cm³/mol. The molecular weight excluding hydrogens is 586 g/mol. The van der Waals surface area contributed by atoms with Crippen molar-refractivity contribution in [3.8, 4) is 22.6 Å². The summed E-state index contributed by atoms with van der Waals surface area (Å²) in [5.74, 6) is -2.20. The van der Waals surface area contributed by atoms with Crippen molar-refractivity contribution in [1.29, 1.82) is 0 Å². The first-order valence-corrected chi connectivity index (χ1v) is 16.3. The number of benzene rings is 3. The molecule has 3 rings (SSSR count). The number of carbonyl (C=O) groups excluding carboxylic acids is 1. The molecule has 0 fully saturated rings. The van der Waals surface area contributed by atoms with E-state index in [1.165, 1.54) is 18.2 Å². The second kappa shape index (κ2) is 13.7. The molecule has 0 radical (unpaired) electrons. The largest absolute Gasteiger partial charge is 0.546 e. The highest BCUT2D eigenvalue weighted by Crippen LogP contribution is 2.33. The first-order chi connectivity index (χ1) is 19.8. The summed E-state index contributed by atoms with van der Waals surface area (Å²) in [4.78, 5) is 11.4. The summed E-state index contributed by atoms with van der Waals surface area (Å²) in [5, 5.41) is 33.7. The quantitative estimate of drug-likeness (QED) is 0.0890. The molecule has 0 bridgehead atoms. The van der Waals surface area contributed by atoms with E-state index < -0.39 is 42.6 Å². The van der Waals surface area contributed by atoms with Crippen LogP contribution >= 0.6 is 0 Å². The molecule has 1 atom stereocenters. The summed E-state index contributed by atoms with van der Waals surface area (Å²) in [6.45, 7) is 1.71. The van der Waals surface area contributed by atoms with Gasteiger partial charge in [-0.25, -0.2) is 21.6 Å². The lowest BCUT2D eigenvalue weighted by Crippen LogP contribution is -2.39. The van der Waals surface area contributed by atoms with Gasteiger partial charge in [-0.3, -0.25) is 0 Å². The molecule has 0 aliphatic heterocycles. The van der Waals surface area contributed by atoms with Gasteiger partial charge in [0.05, 0.1) is 10.9 Å². The van der Waals surface area contributed by atoms with Crippen LogP contribution in [0.2, 0.25) is 0 Å². The fourth-order valence-corrected chi connectivity index (χ4v) is 6.24. The van der Waals surface area contributed by atoms with Crippen molar-refractivity contribution in [1.82, 2.24) is 4.72 Å². The fourth-order valence-electron chi connectivity index (χ4n) is 4.18. The first-order valence-electron chi connectivity index (χ1n) is 12.9. The maximum Gasteiger partial charge on any atom is 0.244 e. The molecule has 0 aromatic heterocycles. The summed E-state index contributed by atoms with van der Waals surface area (Å²) >= 11 is 0. The highest BCUT2D eigenvalue weighted by Gasteiger charge is 2.22. The lowest BCUT2D eigenvalue weighted by Gasteiger charge is -2.23. The number of carboxylic acids is 1. The minimum Gasteiger partial charge on any atom is -0.546 e. The smallest absolute Gasteiger partial charge is 0.244 e. The van der Waals surface area contributed by atoms with Gasteiger partial charge in [-0.1, -0.05) is 48.8 Å². The van der Waals surface area contributed by atoms with Gasteiger partial charge in [0, 0.05) is 23.9 Å². The van der Waals surface area contributed by atoms with Crippen LogP contribution in [0.3, 0.4) is 0 Å². The number of rotatable bonds is 14. The molecule has 0 aliphatic carbocycles. The minimum absolute atomic E-state index is 0.0385. The van der Waals surface area contributed by atoms with Gasteiger partial charge in [0.1, 0.15) is 22.5 Å². The average Bonchev–Trinajstić information content (AvgIpc) is 2.94. The van der Waals surface area contributed by atoms with Crippen molar-refractivity contribution in [2.75, 3.05) is 12.8 Å². The molecule has 1 unspecified atom stereocenters. The number of carbonyl (C=O) groups is 1. The van der Waals surface area contributed by atoms with Gasteiger partial charge in [-0.2, -0.15) is 0 Å². The normalized spacial score (nSPS) is 13.0. The van der Waals surface area contributed by atoms with Crippen molar-refractivity contribution < 1.29 is 41.8 Å². The Morgan fingerprint density at radius 1 is 1.07 bits per heavy atom. The predicted octanol–water partition coefficient (Wildman–Crippen LogP) is 1.77. The van der Waals surface area contributed by atoms with Crippen molar-refractivity contribution in [2.45, 2.75) is 48.5 Å². The number of hydrogen-bond donors (Lipinski definition) is 4. The zero-order valence-electron chi connectivity index (χ0n) is 23.0. The van der Waals surface area contributed by atoms with Gasteiger partial charge >= 0.3 is 0 Å². The number of aromatic hydroxyl groups is 1. The zero-order valence-corrected chi connectivity index (χ0v) is 24.6. The monoisotopic (exact) mass is 618 g/mol. The second-order valence-electron chi connectivity index (χ2n) is 9.47. The summed E-state index contributed by atoms with van der Waals surface area (Å²) in [6, 6.07) is 14.5. The fraction of sp³-hybridized carbons (Fsp3) is 0.286. The molecule has 14 heteroatoms. The number of oxime groups is 1. The number of phenolic OH excluding ortho intramolecular Hbond substituents is 1. The van der Waals surface area contributed by atoms with Crippen LogP contribution in [0.15, 0.2) is 75.6 Å². The van der Waals surface area contributed by atoms with Gasteiger partial charge in [0.15, 0.2) is 15.7 Å². The third kappa shape index (κ3) is 7.99. The number of nitrogens with one attached hydrogen (secondary N) is 1. The number of phenols is 1. The number of sulfonamides is 1. The van der Waals surface area contributed by atoms with E-state index >= 15 is 0 Å². The second-order valence-corrected chi connectivity index (χ2v) is 13.2. The Hall–Kier alpha value is -4.14. The number of nitrogens with zero attached hydrogens (tertiary/aromatic N) is 1. The number of sulfone groups is 1. The van der Waals surface area contributed by atoms with Crippen LogP contribution < -0.4 is 20.3 Å². The molecular formula is C28H32N3O9S2-. The maximum atomic E-state index is 13.0. The van der Waals surface area contributed by atoms with Crippen molar-refractivity contribution in [3.05, 3.63) is 71.8 Å². The molecule has 5 N–H and O–H groups in total. The highest BCUT2D eigenvalue weighted by molar-refractivity contribution is 7.91. The Balaban J connectivity index is 1.96. The molecule has 0 spiro atoms. The summed E-state index contributed by atoms with van der Waals surface area (Å²) < 4.78 is 58.9. The lowest BCUT2D eigenvalue weighted by molar-refractivity contribution is -0.313. The molecule has 3 aromatic carbocycles. The third-order valence-corrected chi connectivity index (χ3v) is 9.00. The first kappa shape index (κ1) is 32.4. The number of carboxylic acid groups (broad SMARTS) is 1. The van der Waals surface area contributed by atoms with Crippen LogP contribution in [0.1, 0.15) is 37.3 Å². The van der Waals surface area contributed by atoms with E-state index in [-0.39, 0.29) is 41.4 Å². The van der Waals surface area contributed by atoms with Crippen LogP contribution in [0.5, 0.6) is 11.5 Å². The van der Waals surface area contributed by atoms with E-state index in [1.807, 2.05) is 6.92 Å². The van der Waals surface area contributed by atoms with Crippen molar-refractivity contribution in [3.63, 3.8) is 0 Å². The third-order valence-electron chi connectivity index (χ3n) is 6.36.